The molecule has 68 valence electrons. The molecule has 5 atom stereocenters. The summed E-state index contributed by atoms with van der Waals surface area (Å²) in [6.45, 7) is 6.34. The van der Waals surface area contributed by atoms with Crippen LogP contribution in [0.15, 0.2) is 0 Å². The maximum absolute atomic E-state index is 2.82. The Morgan fingerprint density at radius 3 is 2.92 bits per heavy atom. The molecule has 0 aromatic carbocycles. The van der Waals surface area contributed by atoms with Gasteiger partial charge in [-0.1, -0.05) is 13.8 Å². The summed E-state index contributed by atoms with van der Waals surface area (Å²) in [5.74, 6) is 3.05. The molecule has 1 heteroatoms. The van der Waals surface area contributed by atoms with Crippen LogP contribution in [0.2, 0.25) is 0 Å². The molecule has 2 saturated heterocycles. The van der Waals surface area contributed by atoms with Crippen LogP contribution in [-0.2, 0) is 0 Å². The summed E-state index contributed by atoms with van der Waals surface area (Å²) in [5, 5.41) is 0. The van der Waals surface area contributed by atoms with E-state index in [-0.39, 0.29) is 0 Å². The van der Waals surface area contributed by atoms with E-state index >= 15 is 0 Å². The van der Waals surface area contributed by atoms with E-state index in [1.807, 2.05) is 0 Å². The lowest BCUT2D eigenvalue weighted by Crippen LogP contribution is -2.40. The number of rotatable bonds is 0. The molecule has 5 unspecified atom stereocenters. The van der Waals surface area contributed by atoms with Gasteiger partial charge in [-0.2, -0.15) is 0 Å². The van der Waals surface area contributed by atoms with Gasteiger partial charge in [-0.3, -0.25) is 4.90 Å². The third-order valence-corrected chi connectivity index (χ3v) is 4.66. The highest BCUT2D eigenvalue weighted by molar-refractivity contribution is 5.08. The first-order chi connectivity index (χ1) is 5.79. The van der Waals surface area contributed by atoms with Crippen molar-refractivity contribution in [3.63, 3.8) is 0 Å². The number of piperidine rings is 1. The Morgan fingerprint density at radius 2 is 2.08 bits per heavy atom. The third kappa shape index (κ3) is 0.693. The molecule has 0 N–H and O–H groups in total. The Labute approximate surface area is 75.1 Å². The first-order valence-corrected chi connectivity index (χ1v) is 5.55. The summed E-state index contributed by atoms with van der Waals surface area (Å²) in [7, 11) is 0. The standard InChI is InChI=1S/C11H19N/c1-7-6-9-8(2)11(7)12-5-3-4-10(9)12/h7-11H,3-6H2,1-2H3. The highest BCUT2D eigenvalue weighted by atomic mass is 15.3. The van der Waals surface area contributed by atoms with E-state index in [1.54, 1.807) is 0 Å². The van der Waals surface area contributed by atoms with Crippen molar-refractivity contribution in [2.75, 3.05) is 6.54 Å². The summed E-state index contributed by atoms with van der Waals surface area (Å²) >= 11 is 0. The van der Waals surface area contributed by atoms with E-state index in [2.05, 4.69) is 18.7 Å². The van der Waals surface area contributed by atoms with E-state index in [1.165, 1.54) is 25.8 Å². The summed E-state index contributed by atoms with van der Waals surface area (Å²) < 4.78 is 0. The Hall–Kier alpha value is -0.0400. The molecule has 0 spiro atoms. The Balaban J connectivity index is 1.94. The molecule has 0 aromatic rings. The second-order valence-electron chi connectivity index (χ2n) is 5.17. The minimum Gasteiger partial charge on any atom is -0.297 e. The Kier molecular flexibility index (Phi) is 1.39. The van der Waals surface area contributed by atoms with Crippen molar-refractivity contribution in [3.05, 3.63) is 0 Å². The summed E-state index contributed by atoms with van der Waals surface area (Å²) in [5.41, 5.74) is 0. The first kappa shape index (κ1) is 7.37. The van der Waals surface area contributed by atoms with Crippen LogP contribution >= 0.6 is 0 Å². The van der Waals surface area contributed by atoms with Crippen LogP contribution < -0.4 is 0 Å². The summed E-state index contributed by atoms with van der Waals surface area (Å²) in [4.78, 5) is 2.82. The first-order valence-electron chi connectivity index (χ1n) is 5.55. The average molecular weight is 165 g/mol. The molecule has 3 aliphatic rings. The molecular formula is C11H19N. The molecule has 1 nitrogen and oxygen atoms in total. The zero-order valence-corrected chi connectivity index (χ0v) is 8.16. The zero-order valence-electron chi connectivity index (χ0n) is 8.16. The molecular weight excluding hydrogens is 146 g/mol. The van der Waals surface area contributed by atoms with E-state index in [0.717, 1.165) is 29.8 Å². The zero-order chi connectivity index (χ0) is 8.29. The molecule has 12 heavy (non-hydrogen) atoms. The monoisotopic (exact) mass is 165 g/mol. The van der Waals surface area contributed by atoms with E-state index in [9.17, 15) is 0 Å². The number of hydrogen-bond donors (Lipinski definition) is 0. The van der Waals surface area contributed by atoms with E-state index in [0.29, 0.717) is 0 Å². The van der Waals surface area contributed by atoms with Crippen molar-refractivity contribution in [1.29, 1.82) is 0 Å². The molecule has 3 fully saturated rings. The van der Waals surface area contributed by atoms with E-state index in [4.69, 9.17) is 0 Å². The minimum atomic E-state index is 0.961. The van der Waals surface area contributed by atoms with Gasteiger partial charge in [-0.25, -0.2) is 0 Å². The van der Waals surface area contributed by atoms with Crippen molar-refractivity contribution in [3.8, 4) is 0 Å². The van der Waals surface area contributed by atoms with Gasteiger partial charge >= 0.3 is 0 Å². The molecule has 2 heterocycles. The van der Waals surface area contributed by atoms with Gasteiger partial charge in [0, 0.05) is 12.1 Å². The SMILES string of the molecule is CC1CC2C(C)C1N1CCCC21. The maximum Gasteiger partial charge on any atom is 0.0153 e. The van der Waals surface area contributed by atoms with Gasteiger partial charge in [-0.15, -0.1) is 0 Å². The van der Waals surface area contributed by atoms with Crippen molar-refractivity contribution in [2.24, 2.45) is 17.8 Å². The number of hydrogen-bond acceptors (Lipinski definition) is 1. The largest absolute Gasteiger partial charge is 0.297 e. The Morgan fingerprint density at radius 1 is 1.25 bits per heavy atom. The van der Waals surface area contributed by atoms with Gasteiger partial charge in [0.25, 0.3) is 0 Å². The van der Waals surface area contributed by atoms with Gasteiger partial charge < -0.3 is 0 Å². The second kappa shape index (κ2) is 2.25. The number of fused-ring (bicyclic) bond motifs is 5. The van der Waals surface area contributed by atoms with Crippen LogP contribution in [0.5, 0.6) is 0 Å². The van der Waals surface area contributed by atoms with E-state index < -0.39 is 0 Å². The van der Waals surface area contributed by atoms with Crippen LogP contribution in [0.25, 0.3) is 0 Å². The van der Waals surface area contributed by atoms with Crippen LogP contribution in [0.3, 0.4) is 0 Å². The molecule has 3 rings (SSSR count). The Bertz CT molecular complexity index is 199. The third-order valence-electron chi connectivity index (χ3n) is 4.66. The average Bonchev–Trinajstić information content (AvgIpc) is 2.61. The lowest BCUT2D eigenvalue weighted by Gasteiger charge is -2.33. The highest BCUT2D eigenvalue weighted by Crippen LogP contribution is 2.52. The van der Waals surface area contributed by atoms with Crippen molar-refractivity contribution in [1.82, 2.24) is 4.90 Å². The smallest absolute Gasteiger partial charge is 0.0153 e. The molecule has 0 amide bonds. The highest BCUT2D eigenvalue weighted by Gasteiger charge is 2.55. The predicted molar refractivity (Wildman–Crippen MR) is 50.0 cm³/mol. The molecule has 1 saturated carbocycles. The summed E-state index contributed by atoms with van der Waals surface area (Å²) in [6, 6.07) is 1.96. The van der Waals surface area contributed by atoms with Crippen molar-refractivity contribution >= 4 is 0 Å². The number of nitrogens with zero attached hydrogens (tertiary/aromatic N) is 1. The quantitative estimate of drug-likeness (QED) is 0.531. The van der Waals surface area contributed by atoms with Crippen LogP contribution in [-0.4, -0.2) is 23.5 Å². The summed E-state index contributed by atoms with van der Waals surface area (Å²) in [6.07, 6.45) is 4.49. The van der Waals surface area contributed by atoms with Gasteiger partial charge in [0.2, 0.25) is 0 Å². The normalized spacial score (nSPS) is 58.0. The predicted octanol–water partition coefficient (Wildman–Crippen LogP) is 2.13. The minimum absolute atomic E-state index is 0.961. The molecule has 2 aliphatic heterocycles. The molecule has 2 bridgehead atoms. The lowest BCUT2D eigenvalue weighted by molar-refractivity contribution is 0.141. The van der Waals surface area contributed by atoms with Gasteiger partial charge in [0.1, 0.15) is 0 Å². The fraction of sp³-hybridized carbons (Fsp3) is 1.00. The van der Waals surface area contributed by atoms with Crippen LogP contribution in [0.1, 0.15) is 33.1 Å². The molecule has 1 aliphatic carbocycles. The lowest BCUT2D eigenvalue weighted by atomic mass is 9.91. The van der Waals surface area contributed by atoms with Crippen LogP contribution in [0.4, 0.5) is 0 Å². The van der Waals surface area contributed by atoms with Crippen LogP contribution in [0, 0.1) is 17.8 Å². The van der Waals surface area contributed by atoms with Gasteiger partial charge in [-0.05, 0) is 43.6 Å². The topological polar surface area (TPSA) is 3.24 Å². The van der Waals surface area contributed by atoms with Gasteiger partial charge in [0.15, 0.2) is 0 Å². The van der Waals surface area contributed by atoms with Gasteiger partial charge in [0.05, 0.1) is 0 Å². The maximum atomic E-state index is 2.82. The second-order valence-corrected chi connectivity index (χ2v) is 5.17. The fourth-order valence-corrected chi connectivity index (χ4v) is 4.34. The van der Waals surface area contributed by atoms with Crippen molar-refractivity contribution in [2.45, 2.75) is 45.2 Å². The fourth-order valence-electron chi connectivity index (χ4n) is 4.34. The van der Waals surface area contributed by atoms with Crippen molar-refractivity contribution < 1.29 is 0 Å². The molecule has 0 aromatic heterocycles. The molecule has 0 radical (unpaired) electrons.